The van der Waals surface area contributed by atoms with Gasteiger partial charge in [-0.25, -0.2) is 14.2 Å². The summed E-state index contributed by atoms with van der Waals surface area (Å²) in [6.07, 6.45) is 1.01. The third-order valence-electron chi connectivity index (χ3n) is 6.05. The molecule has 0 saturated heterocycles. The van der Waals surface area contributed by atoms with Gasteiger partial charge in [-0.2, -0.15) is 11.3 Å². The number of esters is 1. The third kappa shape index (κ3) is 3.66. The molecule has 9 heteroatoms. The van der Waals surface area contributed by atoms with Gasteiger partial charge in [0.2, 0.25) is 6.29 Å². The average Bonchev–Trinajstić information content (AvgIpc) is 3.54. The highest BCUT2D eigenvalue weighted by Crippen LogP contribution is 2.37. The molecule has 2 aliphatic heterocycles. The fourth-order valence-corrected chi connectivity index (χ4v) is 5.06. The van der Waals surface area contributed by atoms with Crippen molar-refractivity contribution in [2.24, 2.45) is 0 Å². The van der Waals surface area contributed by atoms with E-state index in [9.17, 15) is 14.0 Å². The molecule has 7 nitrogen and oxygen atoms in total. The lowest BCUT2D eigenvalue weighted by Gasteiger charge is -2.27. The van der Waals surface area contributed by atoms with Crippen molar-refractivity contribution in [3.05, 3.63) is 91.4 Å². The first kappa shape index (κ1) is 21.0. The van der Waals surface area contributed by atoms with Gasteiger partial charge in [-0.15, -0.1) is 0 Å². The van der Waals surface area contributed by atoms with E-state index in [1.54, 1.807) is 22.8 Å². The number of rotatable bonds is 4. The number of aryl methyl sites for hydroxylation is 1. The molecule has 0 radical (unpaired) electrons. The summed E-state index contributed by atoms with van der Waals surface area (Å²) in [4.78, 5) is 30.0. The van der Waals surface area contributed by atoms with Gasteiger partial charge >= 0.3 is 5.97 Å². The highest BCUT2D eigenvalue weighted by atomic mass is 32.1. The van der Waals surface area contributed by atoms with E-state index in [2.05, 4.69) is 4.98 Å². The molecule has 2 aromatic carbocycles. The van der Waals surface area contributed by atoms with Gasteiger partial charge in [0, 0.05) is 35.0 Å². The van der Waals surface area contributed by atoms with Crippen LogP contribution in [0.1, 0.15) is 45.6 Å². The van der Waals surface area contributed by atoms with Gasteiger partial charge in [-0.3, -0.25) is 9.36 Å². The fourth-order valence-electron chi connectivity index (χ4n) is 4.39. The molecule has 0 aliphatic carbocycles. The maximum atomic E-state index is 14.2. The second kappa shape index (κ2) is 8.34. The smallest absolute Gasteiger partial charge is 0.338 e. The van der Waals surface area contributed by atoms with Gasteiger partial charge in [0.1, 0.15) is 24.0 Å². The standard InChI is InChI=1S/C25H19FN2O5S/c26-18-8-16(22-17(9-18)12-32-25(33-22)15-5-7-34-13-15)11-31-24(30)14-3-4-19-20(10-14)27-21-2-1-6-28(21)23(19)29/h3-5,7-10,13,25H,1-2,6,11-12H2/t25-/m1/s1. The molecular weight excluding hydrogens is 459 g/mol. The van der Waals surface area contributed by atoms with Gasteiger partial charge < -0.3 is 14.2 Å². The van der Waals surface area contributed by atoms with E-state index in [0.717, 1.165) is 24.2 Å². The number of carbonyl (C=O) groups excluding carboxylic acids is 1. The molecule has 34 heavy (non-hydrogen) atoms. The number of benzene rings is 2. The number of carbonyl (C=O) groups is 1. The first-order valence-electron chi connectivity index (χ1n) is 10.9. The molecule has 0 spiro atoms. The zero-order valence-corrected chi connectivity index (χ0v) is 18.8. The number of thiophene rings is 1. The van der Waals surface area contributed by atoms with Gasteiger partial charge in [-0.05, 0) is 48.2 Å². The summed E-state index contributed by atoms with van der Waals surface area (Å²) in [5.41, 5.74) is 2.49. The molecule has 0 bridgehead atoms. The number of fused-ring (bicyclic) bond motifs is 3. The Balaban J connectivity index is 1.25. The molecule has 2 aromatic heterocycles. The maximum Gasteiger partial charge on any atom is 0.338 e. The van der Waals surface area contributed by atoms with Crippen LogP contribution < -0.4 is 10.3 Å². The largest absolute Gasteiger partial charge is 0.460 e. The Morgan fingerprint density at radius 2 is 2.18 bits per heavy atom. The molecule has 0 unspecified atom stereocenters. The molecule has 1 atom stereocenters. The second-order valence-corrected chi connectivity index (χ2v) is 9.05. The van der Waals surface area contributed by atoms with Crippen LogP contribution in [0.25, 0.3) is 10.9 Å². The Morgan fingerprint density at radius 3 is 3.03 bits per heavy atom. The van der Waals surface area contributed by atoms with Crippen molar-refractivity contribution < 1.29 is 23.4 Å². The van der Waals surface area contributed by atoms with Crippen LogP contribution in [-0.4, -0.2) is 15.5 Å². The van der Waals surface area contributed by atoms with Gasteiger partial charge in [0.05, 0.1) is 23.1 Å². The van der Waals surface area contributed by atoms with E-state index in [1.807, 2.05) is 16.8 Å². The number of halogens is 1. The third-order valence-corrected chi connectivity index (χ3v) is 6.75. The van der Waals surface area contributed by atoms with E-state index >= 15 is 0 Å². The number of ether oxygens (including phenoxy) is 3. The van der Waals surface area contributed by atoms with Gasteiger partial charge in [0.15, 0.2) is 0 Å². The molecule has 0 amide bonds. The van der Waals surface area contributed by atoms with Crippen LogP contribution >= 0.6 is 11.3 Å². The lowest BCUT2D eigenvalue weighted by Crippen LogP contribution is -2.21. The highest BCUT2D eigenvalue weighted by molar-refractivity contribution is 7.07. The Hall–Kier alpha value is -3.56. The van der Waals surface area contributed by atoms with Crippen molar-refractivity contribution in [1.29, 1.82) is 0 Å². The zero-order chi connectivity index (χ0) is 23.2. The van der Waals surface area contributed by atoms with Crippen LogP contribution in [0.2, 0.25) is 0 Å². The van der Waals surface area contributed by atoms with Crippen molar-refractivity contribution in [2.75, 3.05) is 0 Å². The molecule has 2 aliphatic rings. The molecule has 4 heterocycles. The number of hydrogen-bond acceptors (Lipinski definition) is 7. The van der Waals surface area contributed by atoms with Crippen molar-refractivity contribution in [2.45, 2.75) is 38.9 Å². The van der Waals surface area contributed by atoms with Crippen LogP contribution in [0.5, 0.6) is 5.75 Å². The maximum absolute atomic E-state index is 14.2. The summed E-state index contributed by atoms with van der Waals surface area (Å²) in [5, 5.41) is 4.31. The van der Waals surface area contributed by atoms with Crippen molar-refractivity contribution >= 4 is 28.2 Å². The van der Waals surface area contributed by atoms with Gasteiger partial charge in [-0.1, -0.05) is 0 Å². The van der Waals surface area contributed by atoms with E-state index in [0.29, 0.717) is 34.3 Å². The zero-order valence-electron chi connectivity index (χ0n) is 18.0. The normalized spacial score (nSPS) is 16.7. The summed E-state index contributed by atoms with van der Waals surface area (Å²) in [5.74, 6) is 0.133. The van der Waals surface area contributed by atoms with E-state index in [4.69, 9.17) is 14.2 Å². The number of hydrogen-bond donors (Lipinski definition) is 0. The fraction of sp³-hybridized carbons (Fsp3) is 0.240. The quantitative estimate of drug-likeness (QED) is 0.402. The predicted octanol–water partition coefficient (Wildman–Crippen LogP) is 4.51. The van der Waals surface area contributed by atoms with Crippen LogP contribution in [0, 0.1) is 5.82 Å². The summed E-state index contributed by atoms with van der Waals surface area (Å²) in [7, 11) is 0. The molecule has 0 fully saturated rings. The Labute approximate surface area is 197 Å². The minimum atomic E-state index is -0.605. The Morgan fingerprint density at radius 1 is 1.26 bits per heavy atom. The van der Waals surface area contributed by atoms with Gasteiger partial charge in [0.25, 0.3) is 5.56 Å². The van der Waals surface area contributed by atoms with E-state index < -0.39 is 18.1 Å². The predicted molar refractivity (Wildman–Crippen MR) is 122 cm³/mol. The van der Waals surface area contributed by atoms with Crippen LogP contribution in [-0.2, 0) is 35.7 Å². The van der Waals surface area contributed by atoms with Crippen molar-refractivity contribution in [3.8, 4) is 5.75 Å². The SMILES string of the molecule is O=C(OCc1cc(F)cc2c1O[C@H](c1ccsc1)OC2)c1ccc2c(=O)n3c(nc2c1)CCC3. The lowest BCUT2D eigenvalue weighted by atomic mass is 10.1. The first-order chi connectivity index (χ1) is 16.6. The number of aromatic nitrogens is 2. The van der Waals surface area contributed by atoms with Crippen molar-refractivity contribution in [1.82, 2.24) is 9.55 Å². The molecule has 0 saturated carbocycles. The molecule has 6 rings (SSSR count). The topological polar surface area (TPSA) is 79.7 Å². The highest BCUT2D eigenvalue weighted by Gasteiger charge is 2.26. The van der Waals surface area contributed by atoms with E-state index in [1.165, 1.54) is 23.5 Å². The lowest BCUT2D eigenvalue weighted by molar-refractivity contribution is -0.112. The average molecular weight is 479 g/mol. The Kier molecular flexibility index (Phi) is 5.15. The van der Waals surface area contributed by atoms with Crippen LogP contribution in [0.3, 0.4) is 0 Å². The monoisotopic (exact) mass is 478 g/mol. The number of nitrogens with zero attached hydrogens (tertiary/aromatic N) is 2. The summed E-state index contributed by atoms with van der Waals surface area (Å²) >= 11 is 1.53. The molecule has 0 N–H and O–H groups in total. The molecule has 172 valence electrons. The van der Waals surface area contributed by atoms with Crippen LogP contribution in [0.4, 0.5) is 4.39 Å². The van der Waals surface area contributed by atoms with Crippen molar-refractivity contribution in [3.63, 3.8) is 0 Å². The first-order valence-corrected chi connectivity index (χ1v) is 11.8. The summed E-state index contributed by atoms with van der Waals surface area (Å²) in [6, 6.07) is 9.27. The summed E-state index contributed by atoms with van der Waals surface area (Å²) < 4.78 is 33.1. The molecule has 4 aromatic rings. The second-order valence-electron chi connectivity index (χ2n) is 8.27. The summed E-state index contributed by atoms with van der Waals surface area (Å²) in [6.45, 7) is 0.678. The van der Waals surface area contributed by atoms with Crippen LogP contribution in [0.15, 0.2) is 52.0 Å². The minimum absolute atomic E-state index is 0.0941. The Bertz CT molecular complexity index is 1480. The minimum Gasteiger partial charge on any atom is -0.460 e. The molecular formula is C25H19FN2O5S. The van der Waals surface area contributed by atoms with E-state index in [-0.39, 0.29) is 24.3 Å².